The summed E-state index contributed by atoms with van der Waals surface area (Å²) in [7, 11) is 1.87. The predicted octanol–water partition coefficient (Wildman–Crippen LogP) is 3.44. The molecule has 0 atom stereocenters. The smallest absolute Gasteiger partial charge is 0.224 e. The van der Waals surface area contributed by atoms with Crippen molar-refractivity contribution in [1.29, 1.82) is 0 Å². The third kappa shape index (κ3) is 2.30. The molecule has 106 valence electrons. The zero-order chi connectivity index (χ0) is 13.9. The molecule has 1 fully saturated rings. The highest BCUT2D eigenvalue weighted by Crippen LogP contribution is 2.31. The Bertz CT molecular complexity index is 590. The van der Waals surface area contributed by atoms with Gasteiger partial charge >= 0.3 is 0 Å². The van der Waals surface area contributed by atoms with Crippen LogP contribution in [0.15, 0.2) is 24.3 Å². The molecule has 1 aromatic carbocycles. The van der Waals surface area contributed by atoms with Crippen LogP contribution >= 0.6 is 0 Å². The lowest BCUT2D eigenvalue weighted by atomic mass is 10.1. The van der Waals surface area contributed by atoms with Gasteiger partial charge in [0.1, 0.15) is 5.82 Å². The van der Waals surface area contributed by atoms with Crippen LogP contribution in [0.25, 0.3) is 10.9 Å². The monoisotopic (exact) mass is 270 g/mol. The summed E-state index contributed by atoms with van der Waals surface area (Å²) in [5, 5.41) is 4.23. The first-order valence-corrected chi connectivity index (χ1v) is 7.54. The van der Waals surface area contributed by atoms with E-state index in [0.717, 1.165) is 23.3 Å². The second-order valence-corrected chi connectivity index (χ2v) is 5.36. The Morgan fingerprint density at radius 1 is 1.20 bits per heavy atom. The van der Waals surface area contributed by atoms with Gasteiger partial charge in [0, 0.05) is 25.0 Å². The molecule has 1 aromatic heterocycles. The maximum Gasteiger partial charge on any atom is 0.224 e. The normalized spacial score (nSPS) is 15.7. The minimum atomic E-state index is 0.628. The van der Waals surface area contributed by atoms with Crippen LogP contribution in [0, 0.1) is 0 Å². The lowest BCUT2D eigenvalue weighted by Crippen LogP contribution is -2.34. The van der Waals surface area contributed by atoms with Crippen LogP contribution in [-0.4, -0.2) is 29.6 Å². The summed E-state index contributed by atoms with van der Waals surface area (Å²) in [6, 6.07) is 8.91. The molecule has 0 spiro atoms. The molecule has 4 heteroatoms. The second-order valence-electron chi connectivity index (χ2n) is 5.36. The van der Waals surface area contributed by atoms with E-state index < -0.39 is 0 Å². The zero-order valence-electron chi connectivity index (χ0n) is 12.3. The summed E-state index contributed by atoms with van der Waals surface area (Å²) in [6.45, 7) is 3.21. The first-order valence-electron chi connectivity index (χ1n) is 7.54. The van der Waals surface area contributed by atoms with E-state index in [1.807, 2.05) is 13.1 Å². The number of anilines is 2. The summed E-state index contributed by atoms with van der Waals surface area (Å²) in [5.41, 5.74) is 1.01. The van der Waals surface area contributed by atoms with Gasteiger partial charge in [-0.3, -0.25) is 0 Å². The summed E-state index contributed by atoms with van der Waals surface area (Å²) in [5.74, 6) is 1.78. The van der Waals surface area contributed by atoms with Gasteiger partial charge in [0.25, 0.3) is 0 Å². The van der Waals surface area contributed by atoms with Crippen LogP contribution < -0.4 is 10.2 Å². The van der Waals surface area contributed by atoms with Crippen molar-refractivity contribution in [2.75, 3.05) is 23.8 Å². The average molecular weight is 270 g/mol. The summed E-state index contributed by atoms with van der Waals surface area (Å²) in [6.07, 6.45) is 5.23. The largest absolute Gasteiger partial charge is 0.357 e. The molecule has 1 N–H and O–H groups in total. The van der Waals surface area contributed by atoms with Crippen molar-refractivity contribution in [3.63, 3.8) is 0 Å². The van der Waals surface area contributed by atoms with Crippen molar-refractivity contribution in [2.45, 2.75) is 38.6 Å². The van der Waals surface area contributed by atoms with Crippen LogP contribution in [0.2, 0.25) is 0 Å². The molecule has 1 heterocycles. The Balaban J connectivity index is 2.11. The van der Waals surface area contributed by atoms with Crippen molar-refractivity contribution in [3.8, 4) is 0 Å². The standard InChI is InChI=1S/C16H22N4/c1-3-20(12-8-4-5-9-12)15-13-10-6-7-11-14(13)18-16(17-2)19-15/h6-7,10-12H,3-5,8-9H2,1-2H3,(H,17,18,19). The topological polar surface area (TPSA) is 41.1 Å². The first-order chi connectivity index (χ1) is 9.83. The molecule has 1 aliphatic carbocycles. The predicted molar refractivity (Wildman–Crippen MR) is 84.4 cm³/mol. The number of rotatable bonds is 4. The lowest BCUT2D eigenvalue weighted by Gasteiger charge is -2.30. The number of aromatic nitrogens is 2. The van der Waals surface area contributed by atoms with Crippen molar-refractivity contribution in [3.05, 3.63) is 24.3 Å². The van der Waals surface area contributed by atoms with Gasteiger partial charge in [0.05, 0.1) is 5.52 Å². The number of hydrogen-bond acceptors (Lipinski definition) is 4. The number of nitrogens with zero attached hydrogens (tertiary/aromatic N) is 3. The Kier molecular flexibility index (Phi) is 3.72. The molecule has 3 rings (SSSR count). The first kappa shape index (κ1) is 13.2. The summed E-state index contributed by atoms with van der Waals surface area (Å²) in [4.78, 5) is 11.7. The van der Waals surface area contributed by atoms with E-state index in [0.29, 0.717) is 12.0 Å². The molecule has 0 aliphatic heterocycles. The van der Waals surface area contributed by atoms with Gasteiger partial charge < -0.3 is 10.2 Å². The Hall–Kier alpha value is -1.84. The molecular formula is C16H22N4. The second kappa shape index (κ2) is 5.65. The van der Waals surface area contributed by atoms with Gasteiger partial charge in [0.2, 0.25) is 5.95 Å². The Labute approximate surface area is 120 Å². The fourth-order valence-electron chi connectivity index (χ4n) is 3.19. The Morgan fingerprint density at radius 3 is 2.65 bits per heavy atom. The van der Waals surface area contributed by atoms with Crippen LogP contribution in [-0.2, 0) is 0 Å². The molecule has 1 saturated carbocycles. The fraction of sp³-hybridized carbons (Fsp3) is 0.500. The molecule has 1 aliphatic rings. The summed E-state index contributed by atoms with van der Waals surface area (Å²) >= 11 is 0. The van der Waals surface area contributed by atoms with E-state index in [1.54, 1.807) is 0 Å². The molecule has 0 radical (unpaired) electrons. The third-order valence-corrected chi connectivity index (χ3v) is 4.18. The van der Waals surface area contributed by atoms with Crippen LogP contribution in [0.5, 0.6) is 0 Å². The van der Waals surface area contributed by atoms with Gasteiger partial charge in [0.15, 0.2) is 0 Å². The third-order valence-electron chi connectivity index (χ3n) is 4.18. The maximum absolute atomic E-state index is 4.74. The zero-order valence-corrected chi connectivity index (χ0v) is 12.3. The van der Waals surface area contributed by atoms with Gasteiger partial charge in [-0.1, -0.05) is 25.0 Å². The fourth-order valence-corrected chi connectivity index (χ4v) is 3.19. The minimum absolute atomic E-state index is 0.628. The number of hydrogen-bond donors (Lipinski definition) is 1. The highest BCUT2D eigenvalue weighted by atomic mass is 15.2. The van der Waals surface area contributed by atoms with Crippen LogP contribution in [0.4, 0.5) is 11.8 Å². The molecule has 4 nitrogen and oxygen atoms in total. The van der Waals surface area contributed by atoms with Crippen LogP contribution in [0.3, 0.4) is 0 Å². The van der Waals surface area contributed by atoms with E-state index in [2.05, 4.69) is 40.3 Å². The van der Waals surface area contributed by atoms with Gasteiger partial charge in [-0.25, -0.2) is 4.98 Å². The highest BCUT2D eigenvalue weighted by Gasteiger charge is 2.24. The summed E-state index contributed by atoms with van der Waals surface area (Å²) < 4.78 is 0. The highest BCUT2D eigenvalue weighted by molar-refractivity contribution is 5.90. The average Bonchev–Trinajstić information content (AvgIpc) is 3.02. The lowest BCUT2D eigenvalue weighted by molar-refractivity contribution is 0.615. The van der Waals surface area contributed by atoms with E-state index in [9.17, 15) is 0 Å². The Morgan fingerprint density at radius 2 is 1.95 bits per heavy atom. The molecular weight excluding hydrogens is 248 g/mol. The number of benzene rings is 1. The molecule has 0 bridgehead atoms. The van der Waals surface area contributed by atoms with E-state index in [4.69, 9.17) is 4.98 Å². The maximum atomic E-state index is 4.74. The molecule has 0 saturated heterocycles. The minimum Gasteiger partial charge on any atom is -0.357 e. The SMILES string of the molecule is CCN(c1nc(NC)nc2ccccc12)C1CCCC1. The number of para-hydroxylation sites is 1. The van der Waals surface area contributed by atoms with Crippen molar-refractivity contribution < 1.29 is 0 Å². The van der Waals surface area contributed by atoms with E-state index >= 15 is 0 Å². The molecule has 20 heavy (non-hydrogen) atoms. The van der Waals surface area contributed by atoms with Gasteiger partial charge in [-0.05, 0) is 31.9 Å². The molecule has 2 aromatic rings. The number of fused-ring (bicyclic) bond motifs is 1. The molecule has 0 unspecified atom stereocenters. The van der Waals surface area contributed by atoms with Gasteiger partial charge in [-0.15, -0.1) is 0 Å². The molecule has 0 amide bonds. The van der Waals surface area contributed by atoms with E-state index in [-0.39, 0.29) is 0 Å². The quantitative estimate of drug-likeness (QED) is 0.924. The van der Waals surface area contributed by atoms with Crippen molar-refractivity contribution >= 4 is 22.7 Å². The van der Waals surface area contributed by atoms with E-state index in [1.165, 1.54) is 25.7 Å². The number of nitrogens with one attached hydrogen (secondary N) is 1. The van der Waals surface area contributed by atoms with Crippen LogP contribution in [0.1, 0.15) is 32.6 Å². The van der Waals surface area contributed by atoms with Gasteiger partial charge in [-0.2, -0.15) is 4.98 Å². The van der Waals surface area contributed by atoms with Crippen molar-refractivity contribution in [2.24, 2.45) is 0 Å². The van der Waals surface area contributed by atoms with Crippen molar-refractivity contribution in [1.82, 2.24) is 9.97 Å².